The molecule has 3 aromatic rings. The summed E-state index contributed by atoms with van der Waals surface area (Å²) in [5.41, 5.74) is 4.81. The van der Waals surface area contributed by atoms with E-state index in [2.05, 4.69) is 16.0 Å². The van der Waals surface area contributed by atoms with Gasteiger partial charge in [0.2, 0.25) is 11.8 Å². The molecule has 0 spiro atoms. The first-order chi connectivity index (χ1) is 25.7. The Labute approximate surface area is 322 Å². The van der Waals surface area contributed by atoms with E-state index in [0.717, 1.165) is 27.9 Å². The van der Waals surface area contributed by atoms with E-state index in [1.807, 2.05) is 113 Å². The summed E-state index contributed by atoms with van der Waals surface area (Å²) in [4.78, 5) is 58.8. The number of aliphatic hydroxyl groups excluding tert-OH is 1. The minimum absolute atomic E-state index is 0.125. The molecule has 2 saturated heterocycles. The number of amides is 4. The molecule has 2 aliphatic rings. The predicted octanol–water partition coefficient (Wildman–Crippen LogP) is 3.35. The molecule has 5 rings (SSSR count). The largest absolute Gasteiger partial charge is 0.484 e. The lowest BCUT2D eigenvalue weighted by molar-refractivity contribution is -0.148. The van der Waals surface area contributed by atoms with Crippen molar-refractivity contribution in [3.63, 3.8) is 0 Å². The fourth-order valence-corrected chi connectivity index (χ4v) is 8.11. The smallest absolute Gasteiger partial charge is 0.258 e. The van der Waals surface area contributed by atoms with E-state index in [1.165, 1.54) is 16.7 Å². The fourth-order valence-electron chi connectivity index (χ4n) is 6.97. The van der Waals surface area contributed by atoms with Gasteiger partial charge in [0.15, 0.2) is 12.7 Å². The van der Waals surface area contributed by atoms with Gasteiger partial charge in [-0.25, -0.2) is 0 Å². The van der Waals surface area contributed by atoms with Gasteiger partial charge in [0, 0.05) is 49.7 Å². The molecule has 0 aromatic heterocycles. The number of benzene rings is 3. The Balaban J connectivity index is 1.32. The lowest BCUT2D eigenvalue weighted by atomic mass is 9.95. The van der Waals surface area contributed by atoms with E-state index in [-0.39, 0.29) is 37.3 Å². The number of rotatable bonds is 15. The number of carbonyl (C=O) groups excluding carboxylic acids is 4. The van der Waals surface area contributed by atoms with Crippen LogP contribution in [0.15, 0.2) is 72.8 Å². The highest BCUT2D eigenvalue weighted by molar-refractivity contribution is 8.00. The van der Waals surface area contributed by atoms with Crippen molar-refractivity contribution in [3.05, 3.63) is 95.1 Å². The summed E-state index contributed by atoms with van der Waals surface area (Å²) in [5.74, 6) is -1.69. The van der Waals surface area contributed by atoms with Crippen molar-refractivity contribution in [2.45, 2.75) is 76.1 Å². The second kappa shape index (κ2) is 18.2. The van der Waals surface area contributed by atoms with Gasteiger partial charge in [0.25, 0.3) is 11.8 Å². The van der Waals surface area contributed by atoms with Gasteiger partial charge in [-0.05, 0) is 74.9 Å². The number of thioether (sulfide) groups is 1. The van der Waals surface area contributed by atoms with E-state index < -0.39 is 46.7 Å². The van der Waals surface area contributed by atoms with E-state index >= 15 is 0 Å². The summed E-state index contributed by atoms with van der Waals surface area (Å²) < 4.78 is 10.7. The van der Waals surface area contributed by atoms with Gasteiger partial charge in [-0.1, -0.05) is 54.6 Å². The van der Waals surface area contributed by atoms with Crippen LogP contribution in [0.25, 0.3) is 0 Å². The lowest BCUT2D eigenvalue weighted by Crippen LogP contribution is -2.61. The van der Waals surface area contributed by atoms with Crippen molar-refractivity contribution in [1.82, 2.24) is 20.9 Å². The van der Waals surface area contributed by atoms with Gasteiger partial charge >= 0.3 is 0 Å². The van der Waals surface area contributed by atoms with Crippen molar-refractivity contribution in [3.8, 4) is 5.75 Å². The Morgan fingerprint density at radius 1 is 1.00 bits per heavy atom. The van der Waals surface area contributed by atoms with Crippen LogP contribution >= 0.6 is 11.8 Å². The van der Waals surface area contributed by atoms with Crippen molar-refractivity contribution in [1.29, 1.82) is 0 Å². The average molecular weight is 760 g/mol. The summed E-state index contributed by atoms with van der Waals surface area (Å²) in [6.07, 6.45) is -1.03. The first-order valence-corrected chi connectivity index (χ1v) is 19.3. The molecule has 13 heteroatoms. The van der Waals surface area contributed by atoms with Crippen molar-refractivity contribution in [2.75, 3.05) is 44.7 Å². The maximum Gasteiger partial charge on any atom is 0.258 e. The minimum atomic E-state index is -1.69. The Kier molecular flexibility index (Phi) is 13.6. The molecule has 290 valence electrons. The number of aliphatic hydroxyl groups is 1. The zero-order valence-corrected chi connectivity index (χ0v) is 32.8. The van der Waals surface area contributed by atoms with Crippen LogP contribution in [0.4, 0.5) is 5.69 Å². The molecule has 0 unspecified atom stereocenters. The number of nitrogens with zero attached hydrogens (tertiary/aromatic N) is 2. The molecule has 0 bridgehead atoms. The highest BCUT2D eigenvalue weighted by Crippen LogP contribution is 2.40. The SMILES string of the molecule is Cc1cccc(C)c1CNC(=O)[C@H]1N(C(=O)[C@@H](O)[C@H](Cc2ccccc2)NC(=O)[C@@H](NC(=O)COc2cccc(N(C)C)c2)[C@H]2CCOC2)CSC1(C)C. The molecule has 4 N–H and O–H groups in total. The highest BCUT2D eigenvalue weighted by Gasteiger charge is 2.50. The molecule has 54 heavy (non-hydrogen) atoms. The van der Waals surface area contributed by atoms with E-state index in [4.69, 9.17) is 9.47 Å². The number of ether oxygens (including phenoxy) is 2. The normalized spacial score (nSPS) is 19.4. The van der Waals surface area contributed by atoms with Crippen LogP contribution in [0.3, 0.4) is 0 Å². The molecule has 0 radical (unpaired) electrons. The fraction of sp³-hybridized carbons (Fsp3) is 0.463. The van der Waals surface area contributed by atoms with Crippen LogP contribution in [-0.4, -0.2) is 102 Å². The quantitative estimate of drug-likeness (QED) is 0.183. The monoisotopic (exact) mass is 759 g/mol. The van der Waals surface area contributed by atoms with Crippen LogP contribution in [0.1, 0.15) is 42.5 Å². The van der Waals surface area contributed by atoms with Crippen LogP contribution in [0.2, 0.25) is 0 Å². The van der Waals surface area contributed by atoms with Crippen molar-refractivity contribution >= 4 is 41.1 Å². The Hall–Kier alpha value is -4.59. The molecular formula is C41H53N5O7S. The zero-order chi connectivity index (χ0) is 39.0. The maximum absolute atomic E-state index is 14.3. The summed E-state index contributed by atoms with van der Waals surface area (Å²) in [5, 5.41) is 20.6. The van der Waals surface area contributed by atoms with Crippen LogP contribution in [-0.2, 0) is 36.9 Å². The second-order valence-electron chi connectivity index (χ2n) is 14.8. The Morgan fingerprint density at radius 3 is 2.37 bits per heavy atom. The van der Waals surface area contributed by atoms with Crippen LogP contribution in [0, 0.1) is 19.8 Å². The standard InChI is InChI=1S/C41H53N5O7S/c1-26-12-10-13-27(2)32(26)22-42-39(50)37-41(3,4)54-25-46(37)40(51)36(48)33(20-28-14-8-7-9-15-28)43-38(49)35(29-18-19-52-23-29)44-34(47)24-53-31-17-11-16-30(21-31)45(5)6/h7-17,21,29,33,35-37,48H,18-20,22-25H2,1-6H3,(H,42,50)(H,43,49)(H,44,47)/t29-,33-,35-,36-,37+/m0/s1. The lowest BCUT2D eigenvalue weighted by Gasteiger charge is -2.34. The molecule has 0 aliphatic carbocycles. The molecule has 2 fully saturated rings. The van der Waals surface area contributed by atoms with Crippen LogP contribution in [0.5, 0.6) is 5.75 Å². The number of aryl methyl sites for hydroxylation is 2. The third-order valence-corrected chi connectivity index (χ3v) is 11.5. The number of anilines is 1. The second-order valence-corrected chi connectivity index (χ2v) is 16.4. The topological polar surface area (TPSA) is 150 Å². The molecule has 2 aliphatic heterocycles. The summed E-state index contributed by atoms with van der Waals surface area (Å²) in [6.45, 7) is 8.47. The minimum Gasteiger partial charge on any atom is -0.484 e. The van der Waals surface area contributed by atoms with Crippen molar-refractivity contribution in [2.24, 2.45) is 5.92 Å². The van der Waals surface area contributed by atoms with E-state index in [0.29, 0.717) is 25.3 Å². The Bertz CT molecular complexity index is 1760. The summed E-state index contributed by atoms with van der Waals surface area (Å²) in [6, 6.07) is 19.5. The molecule has 3 aromatic carbocycles. The molecule has 12 nitrogen and oxygen atoms in total. The first-order valence-electron chi connectivity index (χ1n) is 18.3. The van der Waals surface area contributed by atoms with Gasteiger partial charge in [-0.2, -0.15) is 0 Å². The molecule has 4 amide bonds. The van der Waals surface area contributed by atoms with Gasteiger partial charge in [0.1, 0.15) is 17.8 Å². The first kappa shape index (κ1) is 40.6. The third kappa shape index (κ3) is 10.1. The molecular weight excluding hydrogens is 707 g/mol. The van der Waals surface area contributed by atoms with E-state index in [1.54, 1.807) is 6.07 Å². The third-order valence-electron chi connectivity index (χ3n) is 10.2. The summed E-state index contributed by atoms with van der Waals surface area (Å²) in [7, 11) is 3.81. The zero-order valence-electron chi connectivity index (χ0n) is 32.0. The number of hydrogen-bond donors (Lipinski definition) is 4. The molecule has 5 atom stereocenters. The van der Waals surface area contributed by atoms with Gasteiger partial charge in [0.05, 0.1) is 18.5 Å². The predicted molar refractivity (Wildman–Crippen MR) is 210 cm³/mol. The number of hydrogen-bond acceptors (Lipinski definition) is 9. The van der Waals surface area contributed by atoms with Gasteiger partial charge in [-0.15, -0.1) is 11.8 Å². The molecule has 2 heterocycles. The van der Waals surface area contributed by atoms with Crippen molar-refractivity contribution < 1.29 is 33.8 Å². The van der Waals surface area contributed by atoms with Crippen LogP contribution < -0.4 is 25.6 Å². The number of nitrogens with one attached hydrogen (secondary N) is 3. The summed E-state index contributed by atoms with van der Waals surface area (Å²) >= 11 is 1.45. The van der Waals surface area contributed by atoms with E-state index in [9.17, 15) is 24.3 Å². The molecule has 0 saturated carbocycles. The highest BCUT2D eigenvalue weighted by atomic mass is 32.2. The number of carbonyl (C=O) groups is 4. The van der Waals surface area contributed by atoms with Gasteiger partial charge in [-0.3, -0.25) is 19.2 Å². The average Bonchev–Trinajstić information content (AvgIpc) is 3.80. The Morgan fingerprint density at radius 2 is 1.70 bits per heavy atom. The maximum atomic E-state index is 14.3. The van der Waals surface area contributed by atoms with Gasteiger partial charge < -0.3 is 40.3 Å².